The average Bonchev–Trinajstić information content (AvgIpc) is 2.76. The van der Waals surface area contributed by atoms with Crippen molar-refractivity contribution in [1.29, 1.82) is 0 Å². The summed E-state index contributed by atoms with van der Waals surface area (Å²) in [7, 11) is 0. The molecule has 144 valence electrons. The van der Waals surface area contributed by atoms with Gasteiger partial charge in [-0.25, -0.2) is 0 Å². The molecule has 1 unspecified atom stereocenters. The van der Waals surface area contributed by atoms with E-state index in [1.54, 1.807) is 0 Å². The van der Waals surface area contributed by atoms with E-state index in [2.05, 4.69) is 52.7 Å². The van der Waals surface area contributed by atoms with Crippen LogP contribution in [0, 0.1) is 0 Å². The molecule has 4 heteroatoms. The zero-order valence-electron chi connectivity index (χ0n) is 15.9. The van der Waals surface area contributed by atoms with Crippen LogP contribution in [0.15, 0.2) is 78.9 Å². The van der Waals surface area contributed by atoms with Crippen molar-refractivity contribution in [3.63, 3.8) is 0 Å². The molecule has 3 nitrogen and oxygen atoms in total. The van der Waals surface area contributed by atoms with Gasteiger partial charge < -0.3 is 10.1 Å². The Labute approximate surface area is 171 Å². The van der Waals surface area contributed by atoms with Gasteiger partial charge in [-0.05, 0) is 29.3 Å². The summed E-state index contributed by atoms with van der Waals surface area (Å²) in [5.41, 5.74) is 3.60. The minimum atomic E-state index is 0.145. The van der Waals surface area contributed by atoms with E-state index >= 15 is 0 Å². The van der Waals surface area contributed by atoms with Crippen LogP contribution in [0.1, 0.15) is 22.7 Å². The van der Waals surface area contributed by atoms with Crippen LogP contribution in [0.2, 0.25) is 5.02 Å². The molecule has 1 aliphatic rings. The predicted molar refractivity (Wildman–Crippen MR) is 115 cm³/mol. The van der Waals surface area contributed by atoms with Crippen LogP contribution in [0.5, 0.6) is 5.75 Å². The third kappa shape index (κ3) is 4.56. The summed E-state index contributed by atoms with van der Waals surface area (Å²) in [6.45, 7) is 4.56. The largest absolute Gasteiger partial charge is 0.489 e. The van der Waals surface area contributed by atoms with E-state index in [0.29, 0.717) is 6.61 Å². The van der Waals surface area contributed by atoms with Gasteiger partial charge in [0.25, 0.3) is 0 Å². The number of ether oxygens (including phenoxy) is 1. The van der Waals surface area contributed by atoms with Crippen LogP contribution >= 0.6 is 11.6 Å². The van der Waals surface area contributed by atoms with E-state index in [4.69, 9.17) is 16.3 Å². The van der Waals surface area contributed by atoms with Gasteiger partial charge in [0.05, 0.1) is 6.04 Å². The maximum Gasteiger partial charge on any atom is 0.124 e. The molecule has 3 aromatic rings. The molecule has 1 N–H and O–H groups in total. The Kier molecular flexibility index (Phi) is 6.27. The van der Waals surface area contributed by atoms with Gasteiger partial charge in [0.2, 0.25) is 0 Å². The summed E-state index contributed by atoms with van der Waals surface area (Å²) in [5.74, 6) is 0.935. The highest BCUT2D eigenvalue weighted by atomic mass is 35.5. The highest BCUT2D eigenvalue weighted by molar-refractivity contribution is 6.30. The van der Waals surface area contributed by atoms with Crippen LogP contribution in [0.25, 0.3) is 0 Å². The molecule has 1 aliphatic heterocycles. The normalized spacial score (nSPS) is 15.9. The number of nitrogens with one attached hydrogen (secondary N) is 1. The van der Waals surface area contributed by atoms with E-state index < -0.39 is 0 Å². The zero-order chi connectivity index (χ0) is 19.2. The summed E-state index contributed by atoms with van der Waals surface area (Å²) >= 11 is 6.15. The molecule has 0 radical (unpaired) electrons. The zero-order valence-corrected chi connectivity index (χ0v) is 16.6. The molecule has 0 amide bonds. The summed E-state index contributed by atoms with van der Waals surface area (Å²) < 4.78 is 6.27. The van der Waals surface area contributed by atoms with Crippen molar-refractivity contribution < 1.29 is 4.74 Å². The maximum atomic E-state index is 6.27. The number of rotatable bonds is 6. The van der Waals surface area contributed by atoms with E-state index in [1.165, 1.54) is 16.7 Å². The van der Waals surface area contributed by atoms with E-state index in [1.807, 2.05) is 36.4 Å². The smallest absolute Gasteiger partial charge is 0.124 e. The maximum absolute atomic E-state index is 6.27. The summed E-state index contributed by atoms with van der Waals surface area (Å²) in [4.78, 5) is 2.52. The average molecular weight is 393 g/mol. The highest BCUT2D eigenvalue weighted by Gasteiger charge is 2.26. The highest BCUT2D eigenvalue weighted by Crippen LogP contribution is 2.35. The van der Waals surface area contributed by atoms with Crippen molar-refractivity contribution in [3.8, 4) is 5.75 Å². The predicted octanol–water partition coefficient (Wildman–Crippen LogP) is 4.91. The fourth-order valence-corrected chi connectivity index (χ4v) is 3.87. The van der Waals surface area contributed by atoms with Crippen molar-refractivity contribution >= 4 is 11.6 Å². The molecule has 1 atom stereocenters. The molecular weight excluding hydrogens is 368 g/mol. The van der Waals surface area contributed by atoms with Crippen molar-refractivity contribution in [1.82, 2.24) is 10.2 Å². The number of hydrogen-bond donors (Lipinski definition) is 1. The van der Waals surface area contributed by atoms with Gasteiger partial charge in [-0.2, -0.15) is 0 Å². The fourth-order valence-electron chi connectivity index (χ4n) is 3.75. The van der Waals surface area contributed by atoms with Crippen LogP contribution in [0.3, 0.4) is 0 Å². The Morgan fingerprint density at radius 3 is 2.29 bits per heavy atom. The van der Waals surface area contributed by atoms with Crippen molar-refractivity contribution in [2.45, 2.75) is 12.6 Å². The van der Waals surface area contributed by atoms with Crippen LogP contribution in [-0.2, 0) is 6.61 Å². The second kappa shape index (κ2) is 9.24. The number of hydrogen-bond acceptors (Lipinski definition) is 3. The number of piperazine rings is 1. The number of nitrogens with zero attached hydrogens (tertiary/aromatic N) is 1. The number of para-hydroxylation sites is 1. The van der Waals surface area contributed by atoms with E-state index in [0.717, 1.165) is 37.0 Å². The summed E-state index contributed by atoms with van der Waals surface area (Å²) in [6.07, 6.45) is 0. The van der Waals surface area contributed by atoms with Crippen molar-refractivity contribution in [2.75, 3.05) is 26.2 Å². The van der Waals surface area contributed by atoms with Gasteiger partial charge >= 0.3 is 0 Å². The summed E-state index contributed by atoms with van der Waals surface area (Å²) in [5, 5.41) is 4.21. The lowest BCUT2D eigenvalue weighted by Crippen LogP contribution is -2.45. The van der Waals surface area contributed by atoms with Gasteiger partial charge in [0, 0.05) is 36.8 Å². The fraction of sp³-hybridized carbons (Fsp3) is 0.250. The first-order valence-corrected chi connectivity index (χ1v) is 10.1. The second-order valence-corrected chi connectivity index (χ2v) is 7.49. The molecule has 3 aromatic carbocycles. The molecule has 4 rings (SSSR count). The lowest BCUT2D eigenvalue weighted by Gasteiger charge is -2.36. The lowest BCUT2D eigenvalue weighted by molar-refractivity contribution is 0.193. The minimum absolute atomic E-state index is 0.145. The van der Waals surface area contributed by atoms with Gasteiger partial charge in [0.1, 0.15) is 12.4 Å². The molecule has 1 fully saturated rings. The Morgan fingerprint density at radius 2 is 1.54 bits per heavy atom. The molecule has 0 aliphatic carbocycles. The van der Waals surface area contributed by atoms with Crippen molar-refractivity contribution in [3.05, 3.63) is 101 Å². The van der Waals surface area contributed by atoms with Crippen LogP contribution in [-0.4, -0.2) is 31.1 Å². The Morgan fingerprint density at radius 1 is 0.857 bits per heavy atom. The van der Waals surface area contributed by atoms with Gasteiger partial charge in [0.15, 0.2) is 0 Å². The first-order chi connectivity index (χ1) is 13.8. The van der Waals surface area contributed by atoms with Gasteiger partial charge in [-0.3, -0.25) is 4.90 Å². The van der Waals surface area contributed by atoms with Gasteiger partial charge in [-0.15, -0.1) is 0 Å². The van der Waals surface area contributed by atoms with Crippen molar-refractivity contribution in [2.24, 2.45) is 0 Å². The summed E-state index contributed by atoms with van der Waals surface area (Å²) in [6, 6.07) is 27.0. The van der Waals surface area contributed by atoms with Crippen LogP contribution in [0.4, 0.5) is 0 Å². The van der Waals surface area contributed by atoms with E-state index in [9.17, 15) is 0 Å². The molecule has 28 heavy (non-hydrogen) atoms. The second-order valence-electron chi connectivity index (χ2n) is 7.05. The topological polar surface area (TPSA) is 24.5 Å². The Bertz CT molecular complexity index is 877. The minimum Gasteiger partial charge on any atom is -0.489 e. The first kappa shape index (κ1) is 19.0. The first-order valence-electron chi connectivity index (χ1n) is 9.77. The number of benzene rings is 3. The molecule has 1 heterocycles. The molecule has 1 saturated heterocycles. The molecule has 0 spiro atoms. The molecule has 0 aromatic heterocycles. The monoisotopic (exact) mass is 392 g/mol. The van der Waals surface area contributed by atoms with Gasteiger partial charge in [-0.1, -0.05) is 72.3 Å². The molecule has 0 bridgehead atoms. The number of halogens is 1. The third-order valence-electron chi connectivity index (χ3n) is 5.15. The molecule has 0 saturated carbocycles. The van der Waals surface area contributed by atoms with Crippen LogP contribution < -0.4 is 10.1 Å². The SMILES string of the molecule is Clc1ccc(C(c2ccccc2OCc2ccccc2)N2CCNCC2)cc1. The standard InChI is InChI=1S/C24H25ClN2O/c25-21-12-10-20(11-13-21)24(27-16-14-26-15-17-27)22-8-4-5-9-23(22)28-18-19-6-2-1-3-7-19/h1-13,24,26H,14-18H2. The van der Waals surface area contributed by atoms with E-state index in [-0.39, 0.29) is 6.04 Å². The Balaban J connectivity index is 1.66. The molecular formula is C24H25ClN2O. The Hall–Kier alpha value is -2.33. The quantitative estimate of drug-likeness (QED) is 0.644. The lowest BCUT2D eigenvalue weighted by atomic mass is 9.95. The third-order valence-corrected chi connectivity index (χ3v) is 5.41.